The van der Waals surface area contributed by atoms with Crippen LogP contribution in [0.25, 0.3) is 0 Å². The SMILES string of the molecule is C=CC[C@@H]1CC[C@@H]([C@H](I)CO)O1. The van der Waals surface area contributed by atoms with Crippen molar-refractivity contribution in [3.05, 3.63) is 12.7 Å². The Hall–Kier alpha value is 0.390. The fourth-order valence-electron chi connectivity index (χ4n) is 1.48. The van der Waals surface area contributed by atoms with Crippen molar-refractivity contribution in [2.75, 3.05) is 6.61 Å². The Labute approximate surface area is 87.1 Å². The third kappa shape index (κ3) is 2.71. The predicted molar refractivity (Wildman–Crippen MR) is 57.6 cm³/mol. The molecular formula is C9H15IO2. The van der Waals surface area contributed by atoms with Gasteiger partial charge in [-0.15, -0.1) is 6.58 Å². The van der Waals surface area contributed by atoms with Gasteiger partial charge in [-0.25, -0.2) is 0 Å². The van der Waals surface area contributed by atoms with Gasteiger partial charge in [-0.1, -0.05) is 28.7 Å². The molecule has 0 aromatic rings. The van der Waals surface area contributed by atoms with Crippen LogP contribution in [0.15, 0.2) is 12.7 Å². The molecule has 3 atom stereocenters. The van der Waals surface area contributed by atoms with E-state index in [1.165, 1.54) is 0 Å². The summed E-state index contributed by atoms with van der Waals surface area (Å²) in [5, 5.41) is 8.90. The van der Waals surface area contributed by atoms with Crippen molar-refractivity contribution in [1.29, 1.82) is 0 Å². The Morgan fingerprint density at radius 3 is 3.00 bits per heavy atom. The topological polar surface area (TPSA) is 29.5 Å². The van der Waals surface area contributed by atoms with E-state index in [0.717, 1.165) is 19.3 Å². The van der Waals surface area contributed by atoms with Crippen molar-refractivity contribution in [3.63, 3.8) is 0 Å². The quantitative estimate of drug-likeness (QED) is 0.485. The molecule has 1 rings (SSSR count). The van der Waals surface area contributed by atoms with Gasteiger partial charge in [0, 0.05) is 0 Å². The van der Waals surface area contributed by atoms with Gasteiger partial charge in [0.2, 0.25) is 0 Å². The van der Waals surface area contributed by atoms with Crippen LogP contribution >= 0.6 is 22.6 Å². The molecule has 0 aromatic carbocycles. The fraction of sp³-hybridized carbons (Fsp3) is 0.778. The van der Waals surface area contributed by atoms with E-state index in [4.69, 9.17) is 9.84 Å². The number of hydrogen-bond acceptors (Lipinski definition) is 2. The Morgan fingerprint density at radius 1 is 1.67 bits per heavy atom. The van der Waals surface area contributed by atoms with Crippen LogP contribution in [0.1, 0.15) is 19.3 Å². The van der Waals surface area contributed by atoms with Crippen molar-refractivity contribution < 1.29 is 9.84 Å². The molecule has 70 valence electrons. The van der Waals surface area contributed by atoms with E-state index >= 15 is 0 Å². The van der Waals surface area contributed by atoms with Gasteiger partial charge in [-0.05, 0) is 19.3 Å². The van der Waals surface area contributed by atoms with E-state index in [1.54, 1.807) is 0 Å². The van der Waals surface area contributed by atoms with Crippen LogP contribution in [0.4, 0.5) is 0 Å². The largest absolute Gasteiger partial charge is 0.395 e. The van der Waals surface area contributed by atoms with Gasteiger partial charge in [0.1, 0.15) is 0 Å². The highest BCUT2D eigenvalue weighted by Crippen LogP contribution is 2.27. The summed E-state index contributed by atoms with van der Waals surface area (Å²) in [5.74, 6) is 0. The highest BCUT2D eigenvalue weighted by molar-refractivity contribution is 14.1. The molecule has 0 bridgehead atoms. The van der Waals surface area contributed by atoms with Gasteiger partial charge >= 0.3 is 0 Å². The lowest BCUT2D eigenvalue weighted by molar-refractivity contribution is 0.0400. The van der Waals surface area contributed by atoms with Crippen LogP contribution < -0.4 is 0 Å². The molecule has 1 aliphatic heterocycles. The zero-order valence-electron chi connectivity index (χ0n) is 7.08. The van der Waals surface area contributed by atoms with Crippen LogP contribution in [0, 0.1) is 0 Å². The van der Waals surface area contributed by atoms with Gasteiger partial charge in [0.25, 0.3) is 0 Å². The first kappa shape index (κ1) is 10.5. The maximum Gasteiger partial charge on any atom is 0.0719 e. The van der Waals surface area contributed by atoms with Gasteiger partial charge in [0.05, 0.1) is 22.7 Å². The van der Waals surface area contributed by atoms with Crippen LogP contribution in [0.2, 0.25) is 0 Å². The minimum Gasteiger partial charge on any atom is -0.395 e. The average molecular weight is 282 g/mol. The molecule has 0 saturated carbocycles. The summed E-state index contributed by atoms with van der Waals surface area (Å²) >= 11 is 2.25. The van der Waals surface area contributed by atoms with Gasteiger partial charge < -0.3 is 9.84 Å². The summed E-state index contributed by atoms with van der Waals surface area (Å²) in [6.07, 6.45) is 5.61. The number of halogens is 1. The Morgan fingerprint density at radius 2 is 2.42 bits per heavy atom. The van der Waals surface area contributed by atoms with E-state index < -0.39 is 0 Å². The molecule has 0 radical (unpaired) electrons. The second kappa shape index (κ2) is 5.19. The average Bonchev–Trinajstić information content (AvgIpc) is 2.52. The highest BCUT2D eigenvalue weighted by Gasteiger charge is 2.28. The lowest BCUT2D eigenvalue weighted by atomic mass is 10.1. The van der Waals surface area contributed by atoms with Crippen molar-refractivity contribution in [2.24, 2.45) is 0 Å². The molecule has 1 aliphatic rings. The molecule has 1 fully saturated rings. The summed E-state index contributed by atoms with van der Waals surface area (Å²) in [4.78, 5) is 0. The zero-order valence-corrected chi connectivity index (χ0v) is 9.24. The van der Waals surface area contributed by atoms with Crippen molar-refractivity contribution >= 4 is 22.6 Å². The Kier molecular flexibility index (Phi) is 4.53. The monoisotopic (exact) mass is 282 g/mol. The first-order chi connectivity index (χ1) is 5.77. The summed E-state index contributed by atoms with van der Waals surface area (Å²) in [6.45, 7) is 3.90. The molecule has 12 heavy (non-hydrogen) atoms. The lowest BCUT2D eigenvalue weighted by Crippen LogP contribution is -2.24. The maximum atomic E-state index is 8.90. The summed E-state index contributed by atoms with van der Waals surface area (Å²) < 4.78 is 5.96. The van der Waals surface area contributed by atoms with Crippen molar-refractivity contribution in [3.8, 4) is 0 Å². The molecule has 1 N–H and O–H groups in total. The van der Waals surface area contributed by atoms with Crippen LogP contribution in [0.3, 0.4) is 0 Å². The molecule has 2 nitrogen and oxygen atoms in total. The van der Waals surface area contributed by atoms with Gasteiger partial charge in [-0.3, -0.25) is 0 Å². The normalized spacial score (nSPS) is 31.8. The number of hydrogen-bond donors (Lipinski definition) is 1. The second-order valence-corrected chi connectivity index (χ2v) is 4.70. The fourth-order valence-corrected chi connectivity index (χ4v) is 2.01. The van der Waals surface area contributed by atoms with Crippen LogP contribution in [0.5, 0.6) is 0 Å². The first-order valence-corrected chi connectivity index (χ1v) is 5.53. The molecule has 0 unspecified atom stereocenters. The molecular weight excluding hydrogens is 267 g/mol. The standard InChI is InChI=1S/C9H15IO2/c1-2-3-7-4-5-9(12-7)8(10)6-11/h2,7-9,11H,1,3-6H2/t7-,8-,9+/m1/s1. The minimum atomic E-state index is 0.214. The van der Waals surface area contributed by atoms with Gasteiger partial charge in [0.15, 0.2) is 0 Å². The Balaban J connectivity index is 2.29. The van der Waals surface area contributed by atoms with E-state index in [0.29, 0.717) is 6.10 Å². The molecule has 1 saturated heterocycles. The molecule has 1 heterocycles. The number of rotatable bonds is 4. The molecule has 0 amide bonds. The minimum absolute atomic E-state index is 0.214. The smallest absolute Gasteiger partial charge is 0.0719 e. The van der Waals surface area contributed by atoms with E-state index in [-0.39, 0.29) is 16.6 Å². The summed E-state index contributed by atoms with van der Waals surface area (Å²) in [5.41, 5.74) is 0. The van der Waals surface area contributed by atoms with E-state index in [1.807, 2.05) is 6.08 Å². The zero-order chi connectivity index (χ0) is 8.97. The first-order valence-electron chi connectivity index (χ1n) is 4.29. The molecule has 3 heteroatoms. The third-order valence-corrected chi connectivity index (χ3v) is 3.34. The highest BCUT2D eigenvalue weighted by atomic mass is 127. The Bertz CT molecular complexity index is 149. The number of aliphatic hydroxyl groups excluding tert-OH is 1. The molecule has 0 aliphatic carbocycles. The van der Waals surface area contributed by atoms with E-state index in [2.05, 4.69) is 29.2 Å². The summed E-state index contributed by atoms with van der Waals surface area (Å²) in [6, 6.07) is 0. The number of ether oxygens (including phenoxy) is 1. The number of alkyl halides is 1. The van der Waals surface area contributed by atoms with Crippen molar-refractivity contribution in [2.45, 2.75) is 35.4 Å². The lowest BCUT2D eigenvalue weighted by Gasteiger charge is -2.16. The van der Waals surface area contributed by atoms with E-state index in [9.17, 15) is 0 Å². The maximum absolute atomic E-state index is 8.90. The third-order valence-electron chi connectivity index (χ3n) is 2.15. The predicted octanol–water partition coefficient (Wildman–Crippen LogP) is 1.91. The van der Waals surface area contributed by atoms with Gasteiger partial charge in [-0.2, -0.15) is 0 Å². The van der Waals surface area contributed by atoms with Crippen molar-refractivity contribution in [1.82, 2.24) is 0 Å². The second-order valence-electron chi connectivity index (χ2n) is 3.10. The summed E-state index contributed by atoms with van der Waals surface area (Å²) in [7, 11) is 0. The van der Waals surface area contributed by atoms with Crippen LogP contribution in [-0.4, -0.2) is 27.8 Å². The molecule has 0 aromatic heterocycles. The number of aliphatic hydroxyl groups is 1. The van der Waals surface area contributed by atoms with Crippen LogP contribution in [-0.2, 0) is 4.74 Å². The molecule has 0 spiro atoms.